The molecule has 3 N–H and O–H groups in total. The van der Waals surface area contributed by atoms with Gasteiger partial charge in [-0.15, -0.1) is 0 Å². The third-order valence-corrected chi connectivity index (χ3v) is 2.41. The molecule has 1 aromatic rings. The highest BCUT2D eigenvalue weighted by Gasteiger charge is 2.34. The molecule has 0 saturated carbocycles. The van der Waals surface area contributed by atoms with Crippen molar-refractivity contribution in [3.8, 4) is 5.75 Å². The summed E-state index contributed by atoms with van der Waals surface area (Å²) >= 11 is 0. The Labute approximate surface area is 108 Å². The number of carbonyl (C=O) groups is 1. The predicted octanol–water partition coefficient (Wildman–Crippen LogP) is 1.84. The molecule has 0 heterocycles. The summed E-state index contributed by atoms with van der Waals surface area (Å²) < 4.78 is 42.3. The maximum absolute atomic E-state index is 12.6. The number of aromatic hydroxyl groups is 1. The van der Waals surface area contributed by atoms with Crippen molar-refractivity contribution in [3.05, 3.63) is 29.3 Å². The standard InChI is InChI=1S/C12H14F3NO3/c1-2-19-11(18)9(16)6-7-3-4-10(17)8(5-7)12(13,14)15/h3-5,9,17H,2,6,16H2,1H3. The molecule has 0 amide bonds. The number of rotatable bonds is 4. The Morgan fingerprint density at radius 2 is 2.11 bits per heavy atom. The van der Waals surface area contributed by atoms with Crippen molar-refractivity contribution in [3.63, 3.8) is 0 Å². The fourth-order valence-corrected chi connectivity index (χ4v) is 1.52. The number of phenolic OH excluding ortho intramolecular Hbond substituents is 1. The van der Waals surface area contributed by atoms with Crippen LogP contribution in [0.4, 0.5) is 13.2 Å². The predicted molar refractivity (Wildman–Crippen MR) is 61.4 cm³/mol. The fourth-order valence-electron chi connectivity index (χ4n) is 1.52. The van der Waals surface area contributed by atoms with Gasteiger partial charge in [0.15, 0.2) is 0 Å². The zero-order chi connectivity index (χ0) is 14.6. The minimum atomic E-state index is -4.66. The summed E-state index contributed by atoms with van der Waals surface area (Å²) in [5, 5.41) is 9.16. The number of benzene rings is 1. The van der Waals surface area contributed by atoms with E-state index in [2.05, 4.69) is 4.74 Å². The highest BCUT2D eigenvalue weighted by Crippen LogP contribution is 2.36. The first-order valence-corrected chi connectivity index (χ1v) is 5.57. The quantitative estimate of drug-likeness (QED) is 0.824. The van der Waals surface area contributed by atoms with Gasteiger partial charge in [0, 0.05) is 0 Å². The Balaban J connectivity index is 2.89. The van der Waals surface area contributed by atoms with Gasteiger partial charge in [-0.05, 0) is 31.0 Å². The van der Waals surface area contributed by atoms with Crippen molar-refractivity contribution in [2.45, 2.75) is 25.6 Å². The minimum absolute atomic E-state index is 0.0950. The largest absolute Gasteiger partial charge is 0.507 e. The van der Waals surface area contributed by atoms with Gasteiger partial charge in [-0.1, -0.05) is 6.07 Å². The molecule has 1 aromatic carbocycles. The number of phenols is 1. The number of hydrogen-bond acceptors (Lipinski definition) is 4. The zero-order valence-corrected chi connectivity index (χ0v) is 10.2. The fraction of sp³-hybridized carbons (Fsp3) is 0.417. The molecule has 1 atom stereocenters. The summed E-state index contributed by atoms with van der Waals surface area (Å²) in [6.07, 6.45) is -4.75. The summed E-state index contributed by atoms with van der Waals surface area (Å²) in [5.74, 6) is -1.54. The molecule has 0 fully saturated rings. The molecule has 19 heavy (non-hydrogen) atoms. The molecule has 0 radical (unpaired) electrons. The molecule has 106 valence electrons. The Hall–Kier alpha value is -1.76. The first kappa shape index (κ1) is 15.3. The summed E-state index contributed by atoms with van der Waals surface area (Å²) in [6, 6.07) is 1.94. The van der Waals surface area contributed by atoms with E-state index in [1.165, 1.54) is 6.07 Å². The van der Waals surface area contributed by atoms with Crippen LogP contribution in [-0.4, -0.2) is 23.7 Å². The van der Waals surface area contributed by atoms with E-state index >= 15 is 0 Å². The van der Waals surface area contributed by atoms with Crippen molar-refractivity contribution in [2.75, 3.05) is 6.61 Å². The second-order valence-corrected chi connectivity index (χ2v) is 3.91. The third kappa shape index (κ3) is 4.13. The Kier molecular flexibility index (Phi) is 4.77. The number of ether oxygens (including phenoxy) is 1. The van der Waals surface area contributed by atoms with Gasteiger partial charge in [-0.2, -0.15) is 13.2 Å². The average molecular weight is 277 g/mol. The van der Waals surface area contributed by atoms with Crippen LogP contribution >= 0.6 is 0 Å². The van der Waals surface area contributed by atoms with Gasteiger partial charge < -0.3 is 15.6 Å². The maximum Gasteiger partial charge on any atom is 0.419 e. The molecular weight excluding hydrogens is 263 g/mol. The maximum atomic E-state index is 12.6. The molecule has 0 aromatic heterocycles. The number of nitrogens with two attached hydrogens (primary N) is 1. The number of hydrogen-bond donors (Lipinski definition) is 2. The zero-order valence-electron chi connectivity index (χ0n) is 10.2. The van der Waals surface area contributed by atoms with Crippen molar-refractivity contribution in [1.82, 2.24) is 0 Å². The summed E-state index contributed by atoms with van der Waals surface area (Å²) in [5.41, 5.74) is 4.56. The van der Waals surface area contributed by atoms with E-state index in [0.717, 1.165) is 12.1 Å². The number of carbonyl (C=O) groups excluding carboxylic acids is 1. The van der Waals surface area contributed by atoms with Crippen LogP contribution in [0.25, 0.3) is 0 Å². The highest BCUT2D eigenvalue weighted by atomic mass is 19.4. The lowest BCUT2D eigenvalue weighted by Crippen LogP contribution is -2.34. The molecule has 0 aliphatic heterocycles. The van der Waals surface area contributed by atoms with E-state index in [-0.39, 0.29) is 18.6 Å². The summed E-state index contributed by atoms with van der Waals surface area (Å²) in [4.78, 5) is 11.3. The second-order valence-electron chi connectivity index (χ2n) is 3.91. The lowest BCUT2D eigenvalue weighted by atomic mass is 10.0. The molecule has 7 heteroatoms. The van der Waals surface area contributed by atoms with E-state index in [0.29, 0.717) is 0 Å². The molecular formula is C12H14F3NO3. The second kappa shape index (κ2) is 5.92. The molecule has 1 rings (SSSR count). The molecule has 0 aliphatic carbocycles. The minimum Gasteiger partial charge on any atom is -0.507 e. The van der Waals surface area contributed by atoms with Crippen LogP contribution in [0.3, 0.4) is 0 Å². The monoisotopic (exact) mass is 277 g/mol. The summed E-state index contributed by atoms with van der Waals surface area (Å²) in [7, 11) is 0. The van der Waals surface area contributed by atoms with Crippen molar-refractivity contribution < 1.29 is 27.8 Å². The van der Waals surface area contributed by atoms with Gasteiger partial charge in [0.05, 0.1) is 12.2 Å². The van der Waals surface area contributed by atoms with Gasteiger partial charge in [-0.25, -0.2) is 0 Å². The van der Waals surface area contributed by atoms with Crippen molar-refractivity contribution in [1.29, 1.82) is 0 Å². The average Bonchev–Trinajstić information content (AvgIpc) is 2.30. The van der Waals surface area contributed by atoms with Gasteiger partial charge in [0.25, 0.3) is 0 Å². The van der Waals surface area contributed by atoms with E-state index in [9.17, 15) is 18.0 Å². The van der Waals surface area contributed by atoms with E-state index in [1.807, 2.05) is 0 Å². The molecule has 0 bridgehead atoms. The lowest BCUT2D eigenvalue weighted by molar-refractivity contribution is -0.144. The smallest absolute Gasteiger partial charge is 0.419 e. The molecule has 1 unspecified atom stereocenters. The van der Waals surface area contributed by atoms with Crippen LogP contribution in [0.1, 0.15) is 18.1 Å². The van der Waals surface area contributed by atoms with Gasteiger partial charge >= 0.3 is 12.1 Å². The van der Waals surface area contributed by atoms with E-state index in [4.69, 9.17) is 10.8 Å². The molecule has 0 spiro atoms. The van der Waals surface area contributed by atoms with Crippen LogP contribution in [-0.2, 0) is 22.1 Å². The lowest BCUT2D eigenvalue weighted by Gasteiger charge is -2.13. The first-order valence-electron chi connectivity index (χ1n) is 5.57. The third-order valence-electron chi connectivity index (χ3n) is 2.41. The summed E-state index contributed by atoms with van der Waals surface area (Å²) in [6.45, 7) is 1.75. The van der Waals surface area contributed by atoms with E-state index in [1.54, 1.807) is 6.92 Å². The van der Waals surface area contributed by atoms with Crippen LogP contribution < -0.4 is 5.73 Å². The number of halogens is 3. The molecule has 0 aliphatic rings. The van der Waals surface area contributed by atoms with E-state index < -0.39 is 29.5 Å². The first-order chi connectivity index (χ1) is 8.75. The van der Waals surface area contributed by atoms with Crippen molar-refractivity contribution in [2.24, 2.45) is 5.73 Å². The Morgan fingerprint density at radius 1 is 1.47 bits per heavy atom. The number of esters is 1. The normalized spacial score (nSPS) is 13.1. The molecule has 0 saturated heterocycles. The molecule has 4 nitrogen and oxygen atoms in total. The Morgan fingerprint density at radius 3 is 2.63 bits per heavy atom. The Bertz CT molecular complexity index is 460. The highest BCUT2D eigenvalue weighted by molar-refractivity contribution is 5.75. The SMILES string of the molecule is CCOC(=O)C(N)Cc1ccc(O)c(C(F)(F)F)c1. The van der Waals surface area contributed by atoms with Crippen molar-refractivity contribution >= 4 is 5.97 Å². The topological polar surface area (TPSA) is 72.5 Å². The number of alkyl halides is 3. The van der Waals surface area contributed by atoms with Gasteiger partial charge in [0.2, 0.25) is 0 Å². The van der Waals surface area contributed by atoms with Crippen LogP contribution in [0, 0.1) is 0 Å². The van der Waals surface area contributed by atoms with Crippen LogP contribution in [0.5, 0.6) is 5.75 Å². The van der Waals surface area contributed by atoms with Gasteiger partial charge in [0.1, 0.15) is 11.8 Å². The van der Waals surface area contributed by atoms with Crippen LogP contribution in [0.2, 0.25) is 0 Å². The van der Waals surface area contributed by atoms with Gasteiger partial charge in [-0.3, -0.25) is 4.79 Å². The van der Waals surface area contributed by atoms with Crippen LogP contribution in [0.15, 0.2) is 18.2 Å².